The molecule has 0 aliphatic heterocycles. The van der Waals surface area contributed by atoms with E-state index in [4.69, 9.17) is 11.6 Å². The Kier molecular flexibility index (Phi) is 2.99. The topological polar surface area (TPSA) is 25.2 Å². The van der Waals surface area contributed by atoms with Crippen molar-refractivity contribution in [2.75, 3.05) is 0 Å². The molecule has 0 spiro atoms. The molecule has 0 aromatic carbocycles. The quantitative estimate of drug-likeness (QED) is 0.883. The van der Waals surface area contributed by atoms with Crippen molar-refractivity contribution in [3.05, 3.63) is 44.9 Å². The van der Waals surface area contributed by atoms with E-state index < -0.39 is 0 Å². The Morgan fingerprint density at radius 2 is 2.29 bits per heavy atom. The van der Waals surface area contributed by atoms with Crippen molar-refractivity contribution in [1.82, 2.24) is 4.57 Å². The average molecular weight is 268 g/mol. The van der Waals surface area contributed by atoms with Gasteiger partial charge in [-0.2, -0.15) is 0 Å². The summed E-state index contributed by atoms with van der Waals surface area (Å²) in [6.45, 7) is 0.861. The highest BCUT2D eigenvalue weighted by Gasteiger charge is 2.21. The summed E-state index contributed by atoms with van der Waals surface area (Å²) in [4.78, 5) is 1.26. The van der Waals surface area contributed by atoms with Gasteiger partial charge in [0.15, 0.2) is 0 Å². The van der Waals surface area contributed by atoms with Gasteiger partial charge in [-0.3, -0.25) is 0 Å². The lowest BCUT2D eigenvalue weighted by atomic mass is 9.95. The summed E-state index contributed by atoms with van der Waals surface area (Å²) in [7, 11) is 0. The molecule has 0 bridgehead atoms. The molecule has 0 saturated carbocycles. The van der Waals surface area contributed by atoms with Crippen LogP contribution in [0.25, 0.3) is 0 Å². The minimum Gasteiger partial charge on any atom is -0.388 e. The van der Waals surface area contributed by atoms with Gasteiger partial charge in [0.25, 0.3) is 0 Å². The van der Waals surface area contributed by atoms with E-state index in [1.54, 1.807) is 11.3 Å². The van der Waals surface area contributed by atoms with E-state index >= 15 is 0 Å². The van der Waals surface area contributed by atoms with E-state index in [-0.39, 0.29) is 6.10 Å². The van der Waals surface area contributed by atoms with Crippen LogP contribution >= 0.6 is 22.9 Å². The lowest BCUT2D eigenvalue weighted by Gasteiger charge is -2.19. The van der Waals surface area contributed by atoms with Gasteiger partial charge in [0.05, 0.1) is 17.0 Å². The number of rotatable bonds is 2. The van der Waals surface area contributed by atoms with E-state index in [1.807, 2.05) is 12.1 Å². The number of thiophene rings is 1. The Bertz CT molecular complexity index is 531. The van der Waals surface area contributed by atoms with Crippen LogP contribution in [0.1, 0.15) is 35.1 Å². The molecule has 4 heteroatoms. The number of nitrogens with zero attached hydrogens (tertiary/aromatic N) is 1. The third-order valence-corrected chi connectivity index (χ3v) is 4.54. The van der Waals surface area contributed by atoms with Crippen molar-refractivity contribution < 1.29 is 5.11 Å². The van der Waals surface area contributed by atoms with Gasteiger partial charge in [0.1, 0.15) is 0 Å². The van der Waals surface area contributed by atoms with Crippen molar-refractivity contribution in [2.45, 2.75) is 31.9 Å². The smallest absolute Gasteiger partial charge is 0.0931 e. The second kappa shape index (κ2) is 4.48. The standard InChI is InChI=1S/C13H14ClNOS/c14-13-5-4-9(17-13)8-15-7-6-10-11(15)2-1-3-12(10)16/h4-7,12,16H,1-3,8H2. The molecule has 17 heavy (non-hydrogen) atoms. The zero-order chi connectivity index (χ0) is 11.8. The van der Waals surface area contributed by atoms with Gasteiger partial charge in [0.2, 0.25) is 0 Å². The van der Waals surface area contributed by atoms with Gasteiger partial charge in [-0.1, -0.05) is 11.6 Å². The van der Waals surface area contributed by atoms with Crippen LogP contribution in [0.15, 0.2) is 24.4 Å². The summed E-state index contributed by atoms with van der Waals surface area (Å²) < 4.78 is 3.07. The Morgan fingerprint density at radius 3 is 3.06 bits per heavy atom. The molecule has 3 rings (SSSR count). The lowest BCUT2D eigenvalue weighted by Crippen LogP contribution is -2.12. The van der Waals surface area contributed by atoms with E-state index in [0.717, 1.165) is 35.7 Å². The summed E-state index contributed by atoms with van der Waals surface area (Å²) in [6.07, 6.45) is 4.84. The van der Waals surface area contributed by atoms with Crippen LogP contribution in [0.4, 0.5) is 0 Å². The molecule has 2 nitrogen and oxygen atoms in total. The Balaban J connectivity index is 1.89. The zero-order valence-corrected chi connectivity index (χ0v) is 11.0. The molecule has 1 unspecified atom stereocenters. The molecule has 0 amide bonds. The molecule has 0 radical (unpaired) electrons. The van der Waals surface area contributed by atoms with E-state index in [9.17, 15) is 5.11 Å². The molecule has 90 valence electrons. The first-order valence-corrected chi connectivity index (χ1v) is 7.03. The zero-order valence-electron chi connectivity index (χ0n) is 9.40. The van der Waals surface area contributed by atoms with Crippen LogP contribution in [0.5, 0.6) is 0 Å². The fraction of sp³-hybridized carbons (Fsp3) is 0.385. The van der Waals surface area contributed by atoms with Crippen LogP contribution in [0.3, 0.4) is 0 Å². The van der Waals surface area contributed by atoms with Crippen LogP contribution < -0.4 is 0 Å². The normalized spacial score (nSPS) is 19.3. The van der Waals surface area contributed by atoms with Crippen molar-refractivity contribution in [3.63, 3.8) is 0 Å². The Hall–Kier alpha value is -0.770. The first kappa shape index (κ1) is 11.3. The van der Waals surface area contributed by atoms with E-state index in [0.29, 0.717) is 0 Å². The number of hydrogen-bond donors (Lipinski definition) is 1. The number of aliphatic hydroxyl groups excluding tert-OH is 1. The maximum Gasteiger partial charge on any atom is 0.0931 e. The highest BCUT2D eigenvalue weighted by Crippen LogP contribution is 2.31. The van der Waals surface area contributed by atoms with E-state index in [2.05, 4.69) is 16.8 Å². The van der Waals surface area contributed by atoms with Gasteiger partial charge in [-0.05, 0) is 37.5 Å². The predicted octanol–water partition coefficient (Wildman–Crippen LogP) is 3.62. The Morgan fingerprint density at radius 1 is 1.41 bits per heavy atom. The summed E-state index contributed by atoms with van der Waals surface area (Å²) in [5, 5.41) is 9.91. The highest BCUT2D eigenvalue weighted by atomic mass is 35.5. The van der Waals surface area contributed by atoms with Crippen LogP contribution in [-0.2, 0) is 13.0 Å². The first-order chi connectivity index (χ1) is 8.24. The van der Waals surface area contributed by atoms with Gasteiger partial charge in [-0.15, -0.1) is 11.3 Å². The SMILES string of the molecule is OC1CCCc2c1ccn2Cc1ccc(Cl)s1. The summed E-state index contributed by atoms with van der Waals surface area (Å²) in [5.74, 6) is 0. The molecule has 0 saturated heterocycles. The second-order valence-corrected chi connectivity index (χ2v) is 6.26. The minimum absolute atomic E-state index is 0.271. The summed E-state index contributed by atoms with van der Waals surface area (Å²) in [5.41, 5.74) is 2.40. The molecule has 1 aliphatic carbocycles. The maximum absolute atomic E-state index is 9.91. The highest BCUT2D eigenvalue weighted by molar-refractivity contribution is 7.16. The monoisotopic (exact) mass is 267 g/mol. The lowest BCUT2D eigenvalue weighted by molar-refractivity contribution is 0.156. The third kappa shape index (κ3) is 2.15. The number of aliphatic hydroxyl groups is 1. The van der Waals surface area contributed by atoms with Crippen molar-refractivity contribution >= 4 is 22.9 Å². The molecular formula is C13H14ClNOS. The second-order valence-electron chi connectivity index (χ2n) is 4.46. The first-order valence-electron chi connectivity index (χ1n) is 5.84. The number of hydrogen-bond acceptors (Lipinski definition) is 2. The van der Waals surface area contributed by atoms with Gasteiger partial charge < -0.3 is 9.67 Å². The van der Waals surface area contributed by atoms with Gasteiger partial charge in [-0.25, -0.2) is 0 Å². The molecule has 0 fully saturated rings. The van der Waals surface area contributed by atoms with Crippen molar-refractivity contribution in [1.29, 1.82) is 0 Å². The molecule has 2 aromatic heterocycles. The maximum atomic E-state index is 9.91. The molecule has 2 heterocycles. The number of aromatic nitrogens is 1. The van der Waals surface area contributed by atoms with Crippen LogP contribution in [0.2, 0.25) is 4.34 Å². The fourth-order valence-electron chi connectivity index (χ4n) is 2.48. The summed E-state index contributed by atoms with van der Waals surface area (Å²) in [6, 6.07) is 6.05. The van der Waals surface area contributed by atoms with Crippen LogP contribution in [-0.4, -0.2) is 9.67 Å². The summed E-state index contributed by atoms with van der Waals surface area (Å²) >= 11 is 7.56. The third-order valence-electron chi connectivity index (χ3n) is 3.32. The molecular weight excluding hydrogens is 254 g/mol. The molecule has 2 aromatic rings. The van der Waals surface area contributed by atoms with Gasteiger partial charge in [0, 0.05) is 22.3 Å². The van der Waals surface area contributed by atoms with E-state index in [1.165, 1.54) is 10.6 Å². The largest absolute Gasteiger partial charge is 0.388 e. The van der Waals surface area contributed by atoms with Crippen molar-refractivity contribution in [3.8, 4) is 0 Å². The number of fused-ring (bicyclic) bond motifs is 1. The van der Waals surface area contributed by atoms with Crippen LogP contribution in [0, 0.1) is 0 Å². The molecule has 1 N–H and O–H groups in total. The van der Waals surface area contributed by atoms with Crippen molar-refractivity contribution in [2.24, 2.45) is 0 Å². The Labute approximate surface area is 109 Å². The fourth-order valence-corrected chi connectivity index (χ4v) is 3.57. The molecule has 1 atom stereocenters. The minimum atomic E-state index is -0.271. The van der Waals surface area contributed by atoms with Gasteiger partial charge >= 0.3 is 0 Å². The molecule has 1 aliphatic rings. The predicted molar refractivity (Wildman–Crippen MR) is 70.8 cm³/mol. The number of halogens is 1. The average Bonchev–Trinajstić information content (AvgIpc) is 2.88.